The summed E-state index contributed by atoms with van der Waals surface area (Å²) in [5.74, 6) is 1.14. The number of likely N-dealkylation sites (tertiary alicyclic amines) is 1. The number of unbranched alkanes of at least 4 members (excludes halogenated alkanes) is 1. The first-order valence-corrected chi connectivity index (χ1v) is 10.9. The highest BCUT2D eigenvalue weighted by molar-refractivity contribution is 14.0. The van der Waals surface area contributed by atoms with Gasteiger partial charge in [0.2, 0.25) is 0 Å². The molecule has 1 heterocycles. The summed E-state index contributed by atoms with van der Waals surface area (Å²) < 4.78 is 10.5. The molecule has 0 aromatic carbocycles. The number of halogens is 1. The van der Waals surface area contributed by atoms with E-state index in [0.29, 0.717) is 18.6 Å². The molecule has 0 aromatic rings. The number of ether oxygens (including phenoxy) is 2. The Balaban J connectivity index is 0.00000364. The second-order valence-corrected chi connectivity index (χ2v) is 7.99. The molecule has 160 valence electrons. The van der Waals surface area contributed by atoms with E-state index in [1.807, 2.05) is 0 Å². The molecule has 27 heavy (non-hydrogen) atoms. The quantitative estimate of drug-likeness (QED) is 0.222. The van der Waals surface area contributed by atoms with Crippen LogP contribution in [0.1, 0.15) is 71.1 Å². The summed E-state index contributed by atoms with van der Waals surface area (Å²) in [6.45, 7) is 8.55. The number of hydrogen-bond donors (Lipinski definition) is 1. The van der Waals surface area contributed by atoms with Gasteiger partial charge in [0.15, 0.2) is 5.96 Å². The predicted octanol–water partition coefficient (Wildman–Crippen LogP) is 4.45. The second kappa shape index (κ2) is 14.9. The standard InChI is InChI=1S/C21H41N3O2.HI/c1-3-22-20(23-14-8-9-16-26-18-17-25-2)24-15-10-13-21(19-24)11-6-4-5-7-12-21;/h3-19H2,1-2H3,(H,22,23);1H. The molecule has 1 N–H and O–H groups in total. The van der Waals surface area contributed by atoms with Crippen LogP contribution in [0.25, 0.3) is 0 Å². The van der Waals surface area contributed by atoms with Crippen LogP contribution in [-0.2, 0) is 9.47 Å². The summed E-state index contributed by atoms with van der Waals surface area (Å²) in [6, 6.07) is 0. The van der Waals surface area contributed by atoms with Gasteiger partial charge in [-0.3, -0.25) is 4.99 Å². The smallest absolute Gasteiger partial charge is 0.193 e. The highest BCUT2D eigenvalue weighted by atomic mass is 127. The first kappa shape index (κ1) is 25.0. The average Bonchev–Trinajstić information content (AvgIpc) is 2.88. The third kappa shape index (κ3) is 9.31. The fraction of sp³-hybridized carbons (Fsp3) is 0.952. The Hall–Kier alpha value is -0.0800. The molecule has 0 aromatic heterocycles. The lowest BCUT2D eigenvalue weighted by atomic mass is 9.74. The van der Waals surface area contributed by atoms with E-state index < -0.39 is 0 Å². The van der Waals surface area contributed by atoms with Gasteiger partial charge >= 0.3 is 0 Å². The lowest BCUT2D eigenvalue weighted by Gasteiger charge is -2.44. The number of aliphatic imine (C=N–C) groups is 1. The number of nitrogens with zero attached hydrogens (tertiary/aromatic N) is 2. The highest BCUT2D eigenvalue weighted by Crippen LogP contribution is 2.42. The number of methoxy groups -OCH3 is 1. The largest absolute Gasteiger partial charge is 0.382 e. The van der Waals surface area contributed by atoms with Crippen molar-refractivity contribution in [2.75, 3.05) is 53.1 Å². The van der Waals surface area contributed by atoms with Crippen molar-refractivity contribution in [3.05, 3.63) is 0 Å². The van der Waals surface area contributed by atoms with Gasteiger partial charge in [0.05, 0.1) is 13.2 Å². The van der Waals surface area contributed by atoms with Gasteiger partial charge in [-0.2, -0.15) is 0 Å². The number of piperidine rings is 1. The molecule has 0 atom stereocenters. The van der Waals surface area contributed by atoms with Crippen LogP contribution in [0.2, 0.25) is 0 Å². The molecule has 0 bridgehead atoms. The average molecular weight is 495 g/mol. The van der Waals surface area contributed by atoms with Crippen molar-refractivity contribution in [2.45, 2.75) is 71.1 Å². The van der Waals surface area contributed by atoms with Crippen molar-refractivity contribution < 1.29 is 9.47 Å². The van der Waals surface area contributed by atoms with Crippen LogP contribution < -0.4 is 5.32 Å². The molecule has 2 aliphatic rings. The van der Waals surface area contributed by atoms with E-state index in [1.165, 1.54) is 57.9 Å². The van der Waals surface area contributed by atoms with E-state index in [4.69, 9.17) is 14.5 Å². The number of hydrogen-bond acceptors (Lipinski definition) is 3. The van der Waals surface area contributed by atoms with Gasteiger partial charge in [0.25, 0.3) is 0 Å². The summed E-state index contributed by atoms with van der Waals surface area (Å²) >= 11 is 0. The third-order valence-electron chi connectivity index (χ3n) is 5.85. The predicted molar refractivity (Wildman–Crippen MR) is 124 cm³/mol. The summed E-state index contributed by atoms with van der Waals surface area (Å²) in [5, 5.41) is 3.54. The normalized spacial score (nSPS) is 20.2. The summed E-state index contributed by atoms with van der Waals surface area (Å²) in [6.07, 6.45) is 13.4. The van der Waals surface area contributed by atoms with Crippen LogP contribution in [0, 0.1) is 5.41 Å². The fourth-order valence-electron chi connectivity index (χ4n) is 4.45. The topological polar surface area (TPSA) is 46.1 Å². The van der Waals surface area contributed by atoms with E-state index >= 15 is 0 Å². The molecule has 0 unspecified atom stereocenters. The van der Waals surface area contributed by atoms with Crippen molar-refractivity contribution >= 4 is 29.9 Å². The lowest BCUT2D eigenvalue weighted by molar-refractivity contribution is 0.0690. The minimum absolute atomic E-state index is 0. The van der Waals surface area contributed by atoms with Crippen LogP contribution in [0.3, 0.4) is 0 Å². The van der Waals surface area contributed by atoms with E-state index in [0.717, 1.165) is 45.0 Å². The maximum Gasteiger partial charge on any atom is 0.193 e. The van der Waals surface area contributed by atoms with Gasteiger partial charge in [-0.25, -0.2) is 0 Å². The van der Waals surface area contributed by atoms with Gasteiger partial charge in [-0.1, -0.05) is 25.7 Å². The first-order chi connectivity index (χ1) is 12.8. The molecule has 0 radical (unpaired) electrons. The molecule has 0 amide bonds. The molecule has 1 spiro atoms. The Labute approximate surface area is 184 Å². The maximum absolute atomic E-state index is 5.53. The Morgan fingerprint density at radius 3 is 2.44 bits per heavy atom. The lowest BCUT2D eigenvalue weighted by Crippen LogP contribution is -2.50. The van der Waals surface area contributed by atoms with Crippen LogP contribution in [-0.4, -0.2) is 64.0 Å². The van der Waals surface area contributed by atoms with Crippen molar-refractivity contribution in [3.63, 3.8) is 0 Å². The van der Waals surface area contributed by atoms with E-state index in [9.17, 15) is 0 Å². The zero-order chi connectivity index (χ0) is 18.5. The molecule has 2 fully saturated rings. The molecule has 6 heteroatoms. The highest BCUT2D eigenvalue weighted by Gasteiger charge is 2.36. The zero-order valence-electron chi connectivity index (χ0n) is 17.6. The molecule has 1 saturated carbocycles. The Morgan fingerprint density at radius 2 is 1.74 bits per heavy atom. The van der Waals surface area contributed by atoms with E-state index in [2.05, 4.69) is 17.1 Å². The van der Waals surface area contributed by atoms with Gasteiger partial charge in [0, 0.05) is 39.9 Å². The molecular formula is C21H42IN3O2. The van der Waals surface area contributed by atoms with Crippen molar-refractivity contribution in [3.8, 4) is 0 Å². The second-order valence-electron chi connectivity index (χ2n) is 7.99. The Bertz CT molecular complexity index is 399. The Morgan fingerprint density at radius 1 is 1.00 bits per heavy atom. The SMILES string of the molecule is CCNC(=NCCCCOCCOC)N1CCCC2(CCCCCC2)C1.I. The monoisotopic (exact) mass is 495 g/mol. The molecule has 5 nitrogen and oxygen atoms in total. The zero-order valence-corrected chi connectivity index (χ0v) is 20.0. The van der Waals surface area contributed by atoms with Gasteiger partial charge in [-0.15, -0.1) is 24.0 Å². The van der Waals surface area contributed by atoms with Gasteiger partial charge < -0.3 is 19.7 Å². The number of guanidine groups is 1. The minimum Gasteiger partial charge on any atom is -0.382 e. The molecule has 1 aliphatic heterocycles. The van der Waals surface area contributed by atoms with E-state index in [-0.39, 0.29) is 24.0 Å². The molecule has 1 aliphatic carbocycles. The molecule has 1 saturated heterocycles. The van der Waals surface area contributed by atoms with Crippen molar-refractivity contribution in [2.24, 2.45) is 10.4 Å². The molecular weight excluding hydrogens is 453 g/mol. The fourth-order valence-corrected chi connectivity index (χ4v) is 4.45. The van der Waals surface area contributed by atoms with Crippen LogP contribution in [0.5, 0.6) is 0 Å². The van der Waals surface area contributed by atoms with Crippen LogP contribution in [0.4, 0.5) is 0 Å². The van der Waals surface area contributed by atoms with E-state index in [1.54, 1.807) is 7.11 Å². The van der Waals surface area contributed by atoms with Crippen LogP contribution in [0.15, 0.2) is 4.99 Å². The summed E-state index contributed by atoms with van der Waals surface area (Å²) in [7, 11) is 1.71. The summed E-state index contributed by atoms with van der Waals surface area (Å²) in [5.41, 5.74) is 0.556. The third-order valence-corrected chi connectivity index (χ3v) is 5.85. The first-order valence-electron chi connectivity index (χ1n) is 10.9. The van der Waals surface area contributed by atoms with Crippen LogP contribution >= 0.6 is 24.0 Å². The summed E-state index contributed by atoms with van der Waals surface area (Å²) in [4.78, 5) is 7.47. The van der Waals surface area contributed by atoms with Crippen molar-refractivity contribution in [1.29, 1.82) is 0 Å². The Kier molecular flexibility index (Phi) is 13.7. The van der Waals surface area contributed by atoms with Gasteiger partial charge in [-0.05, 0) is 50.9 Å². The van der Waals surface area contributed by atoms with Crippen molar-refractivity contribution in [1.82, 2.24) is 10.2 Å². The minimum atomic E-state index is 0. The molecule has 2 rings (SSSR count). The number of nitrogens with one attached hydrogen (secondary N) is 1. The van der Waals surface area contributed by atoms with Gasteiger partial charge in [0.1, 0.15) is 0 Å². The number of rotatable bonds is 9. The maximum atomic E-state index is 5.53.